The first-order chi connectivity index (χ1) is 10.4. The number of hydrogen-bond donors (Lipinski definition) is 1. The van der Waals surface area contributed by atoms with Gasteiger partial charge in [-0.2, -0.15) is 13.2 Å². The minimum atomic E-state index is -4.52. The van der Waals surface area contributed by atoms with E-state index in [0.717, 1.165) is 23.5 Å². The fourth-order valence-corrected chi connectivity index (χ4v) is 3.59. The molecule has 3 fully saturated rings. The lowest BCUT2D eigenvalue weighted by Gasteiger charge is -2.26. The van der Waals surface area contributed by atoms with E-state index in [1.54, 1.807) is 0 Å². The number of urea groups is 1. The summed E-state index contributed by atoms with van der Waals surface area (Å²) < 4.78 is 38.4. The molecule has 2 unspecified atom stereocenters. The van der Waals surface area contributed by atoms with Crippen LogP contribution < -0.4 is 10.2 Å². The van der Waals surface area contributed by atoms with Crippen LogP contribution in [0.4, 0.5) is 23.7 Å². The molecule has 0 aliphatic carbocycles. The van der Waals surface area contributed by atoms with Crippen molar-refractivity contribution >= 4 is 17.6 Å². The maximum atomic E-state index is 12.8. The average molecular weight is 311 g/mol. The molecule has 2 bridgehead atoms. The molecular formula is C14H12F3N3O2. The highest BCUT2D eigenvalue weighted by molar-refractivity contribution is 6.22. The summed E-state index contributed by atoms with van der Waals surface area (Å²) in [7, 11) is 0. The predicted molar refractivity (Wildman–Crippen MR) is 70.1 cm³/mol. The van der Waals surface area contributed by atoms with E-state index in [0.29, 0.717) is 6.54 Å². The van der Waals surface area contributed by atoms with Crippen LogP contribution in [0.5, 0.6) is 0 Å². The smallest absolute Gasteiger partial charge is 0.309 e. The van der Waals surface area contributed by atoms with Gasteiger partial charge in [0.25, 0.3) is 5.91 Å². The molecule has 5 nitrogen and oxygen atoms in total. The van der Waals surface area contributed by atoms with Crippen LogP contribution in [-0.2, 0) is 11.0 Å². The van der Waals surface area contributed by atoms with Gasteiger partial charge in [0, 0.05) is 18.6 Å². The molecule has 3 saturated heterocycles. The van der Waals surface area contributed by atoms with Crippen molar-refractivity contribution in [2.24, 2.45) is 0 Å². The third kappa shape index (κ3) is 1.70. The van der Waals surface area contributed by atoms with Crippen LogP contribution in [0.3, 0.4) is 0 Å². The molecule has 22 heavy (non-hydrogen) atoms. The Morgan fingerprint density at radius 3 is 2.68 bits per heavy atom. The quantitative estimate of drug-likeness (QED) is 0.801. The van der Waals surface area contributed by atoms with E-state index in [4.69, 9.17) is 0 Å². The van der Waals surface area contributed by atoms with Crippen molar-refractivity contribution in [1.29, 1.82) is 0 Å². The number of nitrogens with one attached hydrogen (secondary N) is 1. The van der Waals surface area contributed by atoms with Gasteiger partial charge in [-0.3, -0.25) is 4.79 Å². The molecule has 0 saturated carbocycles. The highest BCUT2D eigenvalue weighted by atomic mass is 19.4. The minimum absolute atomic E-state index is 0.0291. The van der Waals surface area contributed by atoms with Crippen molar-refractivity contribution in [2.75, 3.05) is 11.4 Å². The first-order valence-corrected chi connectivity index (χ1v) is 6.95. The Hall–Kier alpha value is -2.09. The summed E-state index contributed by atoms with van der Waals surface area (Å²) in [6.07, 6.45) is -3.79. The molecule has 3 heterocycles. The first kappa shape index (κ1) is 13.6. The average Bonchev–Trinajstić information content (AvgIpc) is 3.12. The van der Waals surface area contributed by atoms with E-state index in [9.17, 15) is 22.8 Å². The van der Waals surface area contributed by atoms with Gasteiger partial charge >= 0.3 is 12.2 Å². The molecule has 0 radical (unpaired) electrons. The number of carbonyl (C=O) groups excluding carboxylic acids is 2. The van der Waals surface area contributed by atoms with Crippen molar-refractivity contribution in [3.63, 3.8) is 0 Å². The molecule has 1 N–H and O–H groups in total. The molecule has 3 aliphatic rings. The molecule has 8 heteroatoms. The lowest BCUT2D eigenvalue weighted by Crippen LogP contribution is -2.51. The van der Waals surface area contributed by atoms with Gasteiger partial charge in [-0.1, -0.05) is 6.07 Å². The number of carbonyl (C=O) groups is 2. The Morgan fingerprint density at radius 1 is 1.23 bits per heavy atom. The number of imide groups is 1. The van der Waals surface area contributed by atoms with Crippen LogP contribution in [0.25, 0.3) is 0 Å². The van der Waals surface area contributed by atoms with E-state index in [1.807, 2.05) is 0 Å². The number of nitrogens with zero attached hydrogens (tertiary/aromatic N) is 2. The lowest BCUT2D eigenvalue weighted by molar-refractivity contribution is -0.137. The Kier molecular flexibility index (Phi) is 2.60. The first-order valence-electron chi connectivity index (χ1n) is 6.95. The van der Waals surface area contributed by atoms with Gasteiger partial charge in [0.1, 0.15) is 6.04 Å². The number of alkyl halides is 3. The van der Waals surface area contributed by atoms with E-state index in [2.05, 4.69) is 5.32 Å². The van der Waals surface area contributed by atoms with E-state index < -0.39 is 29.7 Å². The van der Waals surface area contributed by atoms with E-state index in [-0.39, 0.29) is 17.8 Å². The Balaban J connectivity index is 1.72. The Labute approximate surface area is 123 Å². The largest absolute Gasteiger partial charge is 0.416 e. The third-order valence-electron chi connectivity index (χ3n) is 4.53. The number of piperazine rings is 1. The SMILES string of the molecule is O=C1C2C3C[C@H](CN3)N2C(=O)N1c1cccc(C(F)(F)F)c1. The summed E-state index contributed by atoms with van der Waals surface area (Å²) in [6, 6.07) is 3.04. The van der Waals surface area contributed by atoms with Gasteiger partial charge < -0.3 is 10.2 Å². The summed E-state index contributed by atoms with van der Waals surface area (Å²) in [6.45, 7) is 0.622. The zero-order chi connectivity index (χ0) is 15.6. The van der Waals surface area contributed by atoms with Crippen LogP contribution in [0.15, 0.2) is 24.3 Å². The van der Waals surface area contributed by atoms with Crippen LogP contribution in [0.2, 0.25) is 0 Å². The maximum absolute atomic E-state index is 12.8. The summed E-state index contributed by atoms with van der Waals surface area (Å²) in [5.74, 6) is -0.455. The van der Waals surface area contributed by atoms with E-state index in [1.165, 1.54) is 17.0 Å². The van der Waals surface area contributed by atoms with Gasteiger partial charge in [0.2, 0.25) is 0 Å². The molecular weight excluding hydrogens is 299 g/mol. The molecule has 1 aromatic carbocycles. The van der Waals surface area contributed by atoms with Crippen molar-refractivity contribution < 1.29 is 22.8 Å². The second-order valence-corrected chi connectivity index (χ2v) is 5.76. The number of hydrogen-bond acceptors (Lipinski definition) is 3. The summed E-state index contributed by atoms with van der Waals surface area (Å²) >= 11 is 0. The van der Waals surface area contributed by atoms with E-state index >= 15 is 0 Å². The zero-order valence-electron chi connectivity index (χ0n) is 11.3. The number of halogens is 3. The maximum Gasteiger partial charge on any atom is 0.416 e. The summed E-state index contributed by atoms with van der Waals surface area (Å²) in [5, 5.41) is 3.16. The highest BCUT2D eigenvalue weighted by Gasteiger charge is 2.59. The highest BCUT2D eigenvalue weighted by Crippen LogP contribution is 2.39. The molecule has 3 aliphatic heterocycles. The van der Waals surface area contributed by atoms with Gasteiger partial charge in [-0.25, -0.2) is 9.69 Å². The molecule has 4 rings (SSSR count). The summed E-state index contributed by atoms with van der Waals surface area (Å²) in [5.41, 5.74) is -0.905. The monoisotopic (exact) mass is 311 g/mol. The van der Waals surface area contributed by atoms with Crippen LogP contribution in [0.1, 0.15) is 12.0 Å². The fourth-order valence-electron chi connectivity index (χ4n) is 3.59. The normalized spacial score (nSPS) is 30.4. The van der Waals surface area contributed by atoms with Gasteiger partial charge in [-0.05, 0) is 24.6 Å². The van der Waals surface area contributed by atoms with Crippen LogP contribution in [-0.4, -0.2) is 41.5 Å². The number of amides is 3. The molecule has 0 aromatic heterocycles. The topological polar surface area (TPSA) is 52.7 Å². The third-order valence-corrected chi connectivity index (χ3v) is 4.53. The predicted octanol–water partition coefficient (Wildman–Crippen LogP) is 1.59. The minimum Gasteiger partial charge on any atom is -0.309 e. The Bertz CT molecular complexity index is 648. The second kappa shape index (κ2) is 4.22. The van der Waals surface area contributed by atoms with Crippen molar-refractivity contribution in [3.05, 3.63) is 29.8 Å². The molecule has 0 spiro atoms. The van der Waals surface area contributed by atoms with Gasteiger partial charge in [-0.15, -0.1) is 0 Å². The molecule has 3 atom stereocenters. The summed E-state index contributed by atoms with van der Waals surface area (Å²) in [4.78, 5) is 27.3. The molecule has 1 aromatic rings. The van der Waals surface area contributed by atoms with Gasteiger partial charge in [0.05, 0.1) is 11.3 Å². The lowest BCUT2D eigenvalue weighted by atomic mass is 10.1. The molecule has 116 valence electrons. The Morgan fingerprint density at radius 2 is 2.00 bits per heavy atom. The van der Waals surface area contributed by atoms with Crippen LogP contribution >= 0.6 is 0 Å². The van der Waals surface area contributed by atoms with Crippen molar-refractivity contribution in [2.45, 2.75) is 30.7 Å². The molecule has 3 amide bonds. The van der Waals surface area contributed by atoms with Gasteiger partial charge in [0.15, 0.2) is 0 Å². The van der Waals surface area contributed by atoms with Crippen molar-refractivity contribution in [1.82, 2.24) is 10.2 Å². The number of rotatable bonds is 1. The standard InChI is InChI=1S/C14H12F3N3O2/c15-14(16,17)7-2-1-3-8(4-7)20-12(21)11-10-5-9(6-18-10)19(11)13(20)22/h1-4,9-11,18H,5-6H2/t9-,10?,11?/m1/s1. The number of fused-ring (bicyclic) bond motifs is 5. The van der Waals surface area contributed by atoms with Crippen molar-refractivity contribution in [3.8, 4) is 0 Å². The second-order valence-electron chi connectivity index (χ2n) is 5.76. The number of anilines is 1. The zero-order valence-corrected chi connectivity index (χ0v) is 11.3. The number of benzene rings is 1. The van der Waals surface area contributed by atoms with Crippen LogP contribution in [0, 0.1) is 0 Å². The fraction of sp³-hybridized carbons (Fsp3) is 0.429.